The maximum absolute atomic E-state index is 13.3. The molecule has 1 heterocycles. The van der Waals surface area contributed by atoms with Crippen molar-refractivity contribution in [3.05, 3.63) is 90.0 Å². The van der Waals surface area contributed by atoms with Crippen LogP contribution in [0.3, 0.4) is 0 Å². The summed E-state index contributed by atoms with van der Waals surface area (Å²) < 4.78 is 16.5. The molecular formula is C27H26N2O6. The molecule has 8 heteroatoms. The summed E-state index contributed by atoms with van der Waals surface area (Å²) in [4.78, 5) is 39.2. The Labute approximate surface area is 203 Å². The molecule has 0 spiro atoms. The van der Waals surface area contributed by atoms with E-state index in [-0.39, 0.29) is 13.0 Å². The quantitative estimate of drug-likeness (QED) is 0.384. The number of methoxy groups -OCH3 is 1. The summed E-state index contributed by atoms with van der Waals surface area (Å²) in [6, 6.07) is 22.3. The topological polar surface area (TPSA) is 103 Å². The summed E-state index contributed by atoms with van der Waals surface area (Å²) in [6.07, 6.45) is 0.186. The van der Waals surface area contributed by atoms with Gasteiger partial charge < -0.3 is 24.8 Å². The minimum atomic E-state index is -1.89. The monoisotopic (exact) mass is 474 g/mol. The standard InChI is InChI=1S/C27H26N2O6/c1-27(25(31)28-21-16-20(33-2)13-14-23(21)35-27)26(32)29-22(15-18-9-5-3-6-10-18)24(30)34-17-19-11-7-4-8-12-19/h3-14,16,22H,15,17H2,1-2H3,(H,28,31)(H,29,32)/t22-,27+/m1/s1. The van der Waals surface area contributed by atoms with Gasteiger partial charge >= 0.3 is 5.97 Å². The SMILES string of the molecule is COc1ccc2c(c1)NC(=O)[C@@](C)(C(=O)N[C@H](Cc1ccccc1)C(=O)OCc1ccccc1)O2. The Kier molecular flexibility index (Phi) is 7.01. The second-order valence-electron chi connectivity index (χ2n) is 8.26. The fourth-order valence-corrected chi connectivity index (χ4v) is 3.65. The van der Waals surface area contributed by atoms with E-state index < -0.39 is 29.4 Å². The Morgan fingerprint density at radius 2 is 1.66 bits per heavy atom. The van der Waals surface area contributed by atoms with Crippen molar-refractivity contribution in [2.75, 3.05) is 12.4 Å². The van der Waals surface area contributed by atoms with Crippen LogP contribution in [0.15, 0.2) is 78.9 Å². The zero-order valence-electron chi connectivity index (χ0n) is 19.4. The minimum absolute atomic E-state index is 0.0598. The van der Waals surface area contributed by atoms with E-state index >= 15 is 0 Å². The highest BCUT2D eigenvalue weighted by Crippen LogP contribution is 2.36. The number of amides is 2. The molecule has 0 aliphatic carbocycles. The van der Waals surface area contributed by atoms with Crippen molar-refractivity contribution in [2.45, 2.75) is 31.6 Å². The van der Waals surface area contributed by atoms with Crippen molar-refractivity contribution in [1.82, 2.24) is 5.32 Å². The average Bonchev–Trinajstić information content (AvgIpc) is 2.88. The number of anilines is 1. The van der Waals surface area contributed by atoms with Crippen LogP contribution in [-0.4, -0.2) is 36.5 Å². The number of hydrogen-bond donors (Lipinski definition) is 2. The van der Waals surface area contributed by atoms with Crippen molar-refractivity contribution in [3.8, 4) is 11.5 Å². The van der Waals surface area contributed by atoms with Gasteiger partial charge in [0.2, 0.25) is 0 Å². The second kappa shape index (κ2) is 10.3. The molecule has 1 aliphatic rings. The van der Waals surface area contributed by atoms with Gasteiger partial charge in [-0.15, -0.1) is 0 Å². The van der Waals surface area contributed by atoms with Gasteiger partial charge in [0.15, 0.2) is 0 Å². The van der Waals surface area contributed by atoms with Gasteiger partial charge in [0.05, 0.1) is 12.8 Å². The van der Waals surface area contributed by atoms with Crippen molar-refractivity contribution in [1.29, 1.82) is 0 Å². The molecule has 0 saturated carbocycles. The number of rotatable bonds is 8. The predicted octanol–water partition coefficient (Wildman–Crippen LogP) is 3.26. The summed E-state index contributed by atoms with van der Waals surface area (Å²) in [7, 11) is 1.51. The van der Waals surface area contributed by atoms with Crippen molar-refractivity contribution >= 4 is 23.5 Å². The van der Waals surface area contributed by atoms with Gasteiger partial charge in [0.25, 0.3) is 17.4 Å². The lowest BCUT2D eigenvalue weighted by Crippen LogP contribution is -2.61. The first kappa shape index (κ1) is 23.8. The van der Waals surface area contributed by atoms with Gasteiger partial charge in [-0.2, -0.15) is 0 Å². The van der Waals surface area contributed by atoms with E-state index in [0.29, 0.717) is 17.2 Å². The molecule has 3 aromatic carbocycles. The highest BCUT2D eigenvalue weighted by atomic mass is 16.5. The lowest BCUT2D eigenvalue weighted by atomic mass is 9.99. The number of carbonyl (C=O) groups is 3. The Bertz CT molecular complexity index is 1210. The molecule has 2 N–H and O–H groups in total. The van der Waals surface area contributed by atoms with E-state index in [1.54, 1.807) is 18.2 Å². The molecule has 2 amide bonds. The molecule has 0 radical (unpaired) electrons. The fraction of sp³-hybridized carbons (Fsp3) is 0.222. The number of esters is 1. The minimum Gasteiger partial charge on any atom is -0.497 e. The predicted molar refractivity (Wildman–Crippen MR) is 129 cm³/mol. The van der Waals surface area contributed by atoms with Gasteiger partial charge in [-0.25, -0.2) is 4.79 Å². The molecule has 35 heavy (non-hydrogen) atoms. The molecule has 2 atom stereocenters. The zero-order valence-corrected chi connectivity index (χ0v) is 19.4. The molecule has 8 nitrogen and oxygen atoms in total. The van der Waals surface area contributed by atoms with Crippen LogP contribution in [0.1, 0.15) is 18.1 Å². The summed E-state index contributed by atoms with van der Waals surface area (Å²) in [5.41, 5.74) is 0.143. The van der Waals surface area contributed by atoms with E-state index in [9.17, 15) is 14.4 Å². The summed E-state index contributed by atoms with van der Waals surface area (Å²) in [5, 5.41) is 5.36. The van der Waals surface area contributed by atoms with Crippen LogP contribution in [0.25, 0.3) is 0 Å². The van der Waals surface area contributed by atoms with Gasteiger partial charge in [-0.05, 0) is 30.2 Å². The third-order valence-electron chi connectivity index (χ3n) is 5.71. The lowest BCUT2D eigenvalue weighted by Gasteiger charge is -2.34. The third kappa shape index (κ3) is 5.43. The third-order valence-corrected chi connectivity index (χ3v) is 5.71. The maximum Gasteiger partial charge on any atom is 0.329 e. The molecule has 180 valence electrons. The largest absolute Gasteiger partial charge is 0.497 e. The number of carbonyl (C=O) groups excluding carboxylic acids is 3. The Balaban J connectivity index is 1.52. The van der Waals surface area contributed by atoms with E-state index in [1.165, 1.54) is 14.0 Å². The van der Waals surface area contributed by atoms with Crippen LogP contribution in [0.2, 0.25) is 0 Å². The van der Waals surface area contributed by atoms with Crippen molar-refractivity contribution in [2.24, 2.45) is 0 Å². The molecule has 4 rings (SSSR count). The number of benzene rings is 3. The van der Waals surface area contributed by atoms with E-state index in [0.717, 1.165) is 11.1 Å². The van der Waals surface area contributed by atoms with E-state index in [4.69, 9.17) is 14.2 Å². The first-order valence-electron chi connectivity index (χ1n) is 11.1. The van der Waals surface area contributed by atoms with E-state index in [1.807, 2.05) is 60.7 Å². The maximum atomic E-state index is 13.3. The summed E-state index contributed by atoms with van der Waals surface area (Å²) in [6.45, 7) is 1.42. The Morgan fingerprint density at radius 3 is 2.31 bits per heavy atom. The zero-order chi connectivity index (χ0) is 24.8. The van der Waals surface area contributed by atoms with Gasteiger partial charge in [-0.3, -0.25) is 9.59 Å². The molecule has 0 saturated heterocycles. The van der Waals surface area contributed by atoms with Crippen LogP contribution >= 0.6 is 0 Å². The first-order valence-corrected chi connectivity index (χ1v) is 11.1. The second-order valence-corrected chi connectivity index (χ2v) is 8.26. The number of hydrogen-bond acceptors (Lipinski definition) is 6. The van der Waals surface area contributed by atoms with Crippen LogP contribution < -0.4 is 20.1 Å². The number of fused-ring (bicyclic) bond motifs is 1. The first-order chi connectivity index (χ1) is 16.9. The summed E-state index contributed by atoms with van der Waals surface area (Å²) in [5.74, 6) is -1.18. The molecule has 3 aromatic rings. The smallest absolute Gasteiger partial charge is 0.329 e. The van der Waals surface area contributed by atoms with Gasteiger partial charge in [-0.1, -0.05) is 60.7 Å². The Hall–Kier alpha value is -4.33. The molecule has 0 unspecified atom stereocenters. The van der Waals surface area contributed by atoms with Crippen molar-refractivity contribution in [3.63, 3.8) is 0 Å². The van der Waals surface area contributed by atoms with Crippen LogP contribution in [-0.2, 0) is 32.1 Å². The molecule has 1 aliphatic heterocycles. The fourth-order valence-electron chi connectivity index (χ4n) is 3.65. The Morgan fingerprint density at radius 1 is 1.00 bits per heavy atom. The van der Waals surface area contributed by atoms with Crippen molar-refractivity contribution < 1.29 is 28.6 Å². The molecule has 0 fully saturated rings. The van der Waals surface area contributed by atoms with Gasteiger partial charge in [0.1, 0.15) is 24.1 Å². The van der Waals surface area contributed by atoms with Crippen LogP contribution in [0, 0.1) is 0 Å². The molecule has 0 aromatic heterocycles. The number of ether oxygens (including phenoxy) is 3. The number of nitrogens with one attached hydrogen (secondary N) is 2. The van der Waals surface area contributed by atoms with Crippen LogP contribution in [0.5, 0.6) is 11.5 Å². The van der Waals surface area contributed by atoms with Gasteiger partial charge in [0, 0.05) is 12.5 Å². The van der Waals surface area contributed by atoms with Crippen LogP contribution in [0.4, 0.5) is 5.69 Å². The van der Waals surface area contributed by atoms with E-state index in [2.05, 4.69) is 10.6 Å². The highest BCUT2D eigenvalue weighted by Gasteiger charge is 2.48. The molecule has 0 bridgehead atoms. The normalized spacial score (nSPS) is 17.3. The molecular weight excluding hydrogens is 448 g/mol. The highest BCUT2D eigenvalue weighted by molar-refractivity contribution is 6.15. The summed E-state index contributed by atoms with van der Waals surface area (Å²) >= 11 is 0. The average molecular weight is 475 g/mol. The lowest BCUT2D eigenvalue weighted by molar-refractivity contribution is -0.154.